The molecule has 1 saturated heterocycles. The lowest BCUT2D eigenvalue weighted by atomic mass is 9.50. The Kier molecular flexibility index (Phi) is 5.69. The van der Waals surface area contributed by atoms with E-state index in [1.807, 2.05) is 48.5 Å². The van der Waals surface area contributed by atoms with Crippen LogP contribution in [0.3, 0.4) is 0 Å². The van der Waals surface area contributed by atoms with Crippen molar-refractivity contribution in [3.05, 3.63) is 95.1 Å². The third kappa shape index (κ3) is 3.73. The van der Waals surface area contributed by atoms with Gasteiger partial charge in [-0.3, -0.25) is 14.5 Å². The molecule has 0 aromatic heterocycles. The molecule has 4 atom stereocenters. The van der Waals surface area contributed by atoms with E-state index in [2.05, 4.69) is 10.2 Å². The zero-order valence-corrected chi connectivity index (χ0v) is 23.4. The van der Waals surface area contributed by atoms with Gasteiger partial charge in [-0.2, -0.15) is 0 Å². The highest BCUT2D eigenvalue weighted by molar-refractivity contribution is 6.02. The first-order valence-electron chi connectivity index (χ1n) is 15.1. The molecule has 2 unspecified atom stereocenters. The first-order chi connectivity index (χ1) is 20.4. The third-order valence-corrected chi connectivity index (χ3v) is 10.3. The number of hydrogen-bond acceptors (Lipinski definition) is 6. The number of aromatic hydroxyl groups is 1. The van der Waals surface area contributed by atoms with Crippen LogP contribution in [0, 0.1) is 5.92 Å². The molecule has 7 nitrogen and oxygen atoms in total. The maximum Gasteiger partial charge on any atom is 0.255 e. The number of ketones is 1. The van der Waals surface area contributed by atoms with Gasteiger partial charge < -0.3 is 20.3 Å². The summed E-state index contributed by atoms with van der Waals surface area (Å²) in [5, 5.41) is 24.9. The molecule has 1 amide bonds. The van der Waals surface area contributed by atoms with Gasteiger partial charge in [-0.15, -0.1) is 0 Å². The lowest BCUT2D eigenvalue weighted by Crippen LogP contribution is -2.75. The zero-order valence-electron chi connectivity index (χ0n) is 23.4. The Morgan fingerprint density at radius 3 is 2.50 bits per heavy atom. The average molecular weight is 563 g/mol. The van der Waals surface area contributed by atoms with Gasteiger partial charge in [0.1, 0.15) is 17.1 Å². The maximum atomic E-state index is 13.5. The number of hydrogen-bond donors (Lipinski definition) is 3. The monoisotopic (exact) mass is 562 g/mol. The van der Waals surface area contributed by atoms with Crippen LogP contribution < -0.4 is 10.1 Å². The lowest BCUT2D eigenvalue weighted by molar-refractivity contribution is -0.155. The fourth-order valence-electron chi connectivity index (χ4n) is 7.99. The predicted molar refractivity (Wildman–Crippen MR) is 158 cm³/mol. The van der Waals surface area contributed by atoms with E-state index in [-0.39, 0.29) is 23.5 Å². The Labute approximate surface area is 244 Å². The number of phenolic OH excluding ortho intramolecular Hbond substituents is 1. The van der Waals surface area contributed by atoms with Gasteiger partial charge in [0.2, 0.25) is 0 Å². The predicted octanol–water partition coefficient (Wildman–Crippen LogP) is 3.94. The maximum absolute atomic E-state index is 13.5. The largest absolute Gasteiger partial charge is 0.508 e. The minimum absolute atomic E-state index is 0.110. The van der Waals surface area contributed by atoms with Crippen molar-refractivity contribution >= 4 is 11.7 Å². The molecule has 3 aliphatic carbocycles. The molecule has 42 heavy (non-hydrogen) atoms. The van der Waals surface area contributed by atoms with Crippen molar-refractivity contribution in [3.63, 3.8) is 0 Å². The van der Waals surface area contributed by atoms with E-state index in [1.54, 1.807) is 18.2 Å². The van der Waals surface area contributed by atoms with Crippen molar-refractivity contribution in [3.8, 4) is 22.6 Å². The summed E-state index contributed by atoms with van der Waals surface area (Å²) in [5.41, 5.74) is 3.49. The molecule has 0 radical (unpaired) electrons. The zero-order chi connectivity index (χ0) is 28.6. The van der Waals surface area contributed by atoms with Crippen LogP contribution in [0.15, 0.2) is 72.8 Å². The van der Waals surface area contributed by atoms with Crippen LogP contribution in [0.2, 0.25) is 0 Å². The van der Waals surface area contributed by atoms with Gasteiger partial charge in [0.15, 0.2) is 11.9 Å². The highest BCUT2D eigenvalue weighted by Crippen LogP contribution is 2.62. The van der Waals surface area contributed by atoms with E-state index in [9.17, 15) is 19.8 Å². The summed E-state index contributed by atoms with van der Waals surface area (Å²) in [4.78, 5) is 29.2. The van der Waals surface area contributed by atoms with Gasteiger partial charge in [0.05, 0.1) is 11.0 Å². The summed E-state index contributed by atoms with van der Waals surface area (Å²) in [6, 6.07) is 19.0. The number of benzene rings is 3. The second kappa shape index (κ2) is 9.28. The number of ether oxygens (including phenoxy) is 1. The molecule has 7 heteroatoms. The minimum atomic E-state index is -1.21. The van der Waals surface area contributed by atoms with Gasteiger partial charge in [0.25, 0.3) is 5.91 Å². The average Bonchev–Trinajstić information content (AvgIpc) is 3.74. The van der Waals surface area contributed by atoms with Crippen molar-refractivity contribution in [1.82, 2.24) is 10.2 Å². The van der Waals surface area contributed by atoms with Crippen molar-refractivity contribution in [1.29, 1.82) is 0 Å². The quantitative estimate of drug-likeness (QED) is 0.404. The first kappa shape index (κ1) is 25.7. The third-order valence-electron chi connectivity index (χ3n) is 10.3. The second-order valence-corrected chi connectivity index (χ2v) is 12.7. The molecular weight excluding hydrogens is 528 g/mol. The van der Waals surface area contributed by atoms with Crippen LogP contribution in [0.1, 0.15) is 46.3 Å². The Balaban J connectivity index is 1.03. The summed E-state index contributed by atoms with van der Waals surface area (Å²) in [6.45, 7) is 2.25. The summed E-state index contributed by atoms with van der Waals surface area (Å²) in [6.07, 6.45) is 6.87. The number of piperidine rings is 1. The van der Waals surface area contributed by atoms with Gasteiger partial charge in [-0.05, 0) is 97.2 Å². The van der Waals surface area contributed by atoms with Crippen LogP contribution in [0.5, 0.6) is 11.5 Å². The van der Waals surface area contributed by atoms with E-state index >= 15 is 0 Å². The van der Waals surface area contributed by atoms with Crippen molar-refractivity contribution in [2.24, 2.45) is 5.92 Å². The summed E-state index contributed by atoms with van der Waals surface area (Å²) in [7, 11) is 0. The molecule has 3 aromatic carbocycles. The molecule has 1 saturated carbocycles. The number of phenols is 1. The normalized spacial score (nSPS) is 28.7. The van der Waals surface area contributed by atoms with Crippen LogP contribution >= 0.6 is 0 Å². The summed E-state index contributed by atoms with van der Waals surface area (Å²) < 4.78 is 6.41. The van der Waals surface area contributed by atoms with Crippen LogP contribution in [-0.4, -0.2) is 64.2 Å². The Morgan fingerprint density at radius 2 is 1.76 bits per heavy atom. The highest BCUT2D eigenvalue weighted by Gasteiger charge is 2.72. The summed E-state index contributed by atoms with van der Waals surface area (Å²) in [5.74, 6) is 1.04. The number of amides is 1. The number of nitrogens with one attached hydrogen (secondary N) is 1. The molecule has 2 bridgehead atoms. The molecule has 2 aliphatic heterocycles. The first-order valence-corrected chi connectivity index (χ1v) is 15.1. The van der Waals surface area contributed by atoms with Gasteiger partial charge in [-0.1, -0.05) is 42.5 Å². The fraction of sp³-hybridized carbons (Fsp3) is 0.371. The van der Waals surface area contributed by atoms with Crippen LogP contribution in [0.25, 0.3) is 11.1 Å². The Hall–Kier alpha value is -3.94. The van der Waals surface area contributed by atoms with Crippen molar-refractivity contribution < 1.29 is 24.5 Å². The van der Waals surface area contributed by atoms with E-state index in [0.29, 0.717) is 43.0 Å². The number of carbonyl (C=O) groups is 2. The Morgan fingerprint density at radius 1 is 1.02 bits per heavy atom. The summed E-state index contributed by atoms with van der Waals surface area (Å²) >= 11 is 0. The van der Waals surface area contributed by atoms with Gasteiger partial charge in [0, 0.05) is 24.7 Å². The molecule has 3 N–H and O–H groups in total. The SMILES string of the molecule is O=C(NCCc1ccc(-c2ccc(O)cc2)cc1)c1ccc2c3c1O[C@H]1C(=O)C=C[C@@]4(O)C(C2)N(CC2CC2)CCC314. The van der Waals surface area contributed by atoms with Crippen molar-refractivity contribution in [2.45, 2.75) is 55.3 Å². The van der Waals surface area contributed by atoms with Gasteiger partial charge in [-0.25, -0.2) is 0 Å². The standard InChI is InChI=1S/C35H34N2O5/c38-26-10-7-24(8-11-26)23-5-3-21(4-6-23)14-17-36-33(40)27-12-9-25-19-29-35(41)15-13-28(39)32-34(35,30(25)31(27)42-32)16-18-37(29)20-22-1-2-22/h3-13,15,22,29,32,38,41H,1-2,14,16-20H2,(H,36,40)/t29?,32-,34?,35+/m0/s1. The lowest BCUT2D eigenvalue weighted by Gasteiger charge is -2.60. The smallest absolute Gasteiger partial charge is 0.255 e. The van der Waals surface area contributed by atoms with E-state index in [1.165, 1.54) is 18.9 Å². The number of likely N-dealkylation sites (tertiary alicyclic amines) is 1. The number of aliphatic hydroxyl groups is 1. The highest BCUT2D eigenvalue weighted by atomic mass is 16.5. The van der Waals surface area contributed by atoms with E-state index in [4.69, 9.17) is 4.74 Å². The molecule has 8 rings (SSSR count). The Bertz CT molecular complexity index is 1630. The minimum Gasteiger partial charge on any atom is -0.508 e. The van der Waals surface area contributed by atoms with Crippen LogP contribution in [-0.2, 0) is 23.1 Å². The number of nitrogens with zero attached hydrogens (tertiary/aromatic N) is 1. The molecule has 2 heterocycles. The fourth-order valence-corrected chi connectivity index (χ4v) is 7.99. The molecule has 5 aliphatic rings. The van der Waals surface area contributed by atoms with Gasteiger partial charge >= 0.3 is 0 Å². The van der Waals surface area contributed by atoms with Crippen LogP contribution in [0.4, 0.5) is 0 Å². The molecular formula is C35H34N2O5. The molecule has 214 valence electrons. The topological polar surface area (TPSA) is 99.1 Å². The second-order valence-electron chi connectivity index (χ2n) is 12.7. The van der Waals surface area contributed by atoms with E-state index < -0.39 is 17.1 Å². The molecule has 3 aromatic rings. The molecule has 2 fully saturated rings. The number of carbonyl (C=O) groups excluding carboxylic acids is 2. The molecule has 1 spiro atoms. The van der Waals surface area contributed by atoms with E-state index in [0.717, 1.165) is 40.9 Å². The van der Waals surface area contributed by atoms with Crippen molar-refractivity contribution in [2.75, 3.05) is 19.6 Å². The number of rotatable bonds is 7.